The smallest absolute Gasteiger partial charge is 0.227 e. The Bertz CT molecular complexity index is 713. The van der Waals surface area contributed by atoms with Gasteiger partial charge in [0.2, 0.25) is 5.91 Å². The van der Waals surface area contributed by atoms with Gasteiger partial charge in [0.25, 0.3) is 0 Å². The standard InChI is InChI=1S/C20H22N2O/c1-4-22(16(3)18-11-9-17(14-21)10-12-18)20(23)13-19-8-6-5-7-15(19)2/h5-12,16H,4,13H2,1-3H3. The zero-order chi connectivity index (χ0) is 16.8. The average Bonchev–Trinajstić information content (AvgIpc) is 2.57. The number of aryl methyl sites for hydroxylation is 1. The van der Waals surface area contributed by atoms with Crippen molar-refractivity contribution in [2.24, 2.45) is 0 Å². The fourth-order valence-corrected chi connectivity index (χ4v) is 2.76. The Morgan fingerprint density at radius 2 is 1.83 bits per heavy atom. The highest BCUT2D eigenvalue weighted by Crippen LogP contribution is 2.22. The van der Waals surface area contributed by atoms with Gasteiger partial charge in [0.15, 0.2) is 0 Å². The quantitative estimate of drug-likeness (QED) is 0.837. The average molecular weight is 306 g/mol. The molecule has 3 nitrogen and oxygen atoms in total. The van der Waals surface area contributed by atoms with Gasteiger partial charge in [-0.1, -0.05) is 36.4 Å². The lowest BCUT2D eigenvalue weighted by Crippen LogP contribution is -2.34. The van der Waals surface area contributed by atoms with E-state index in [1.165, 1.54) is 0 Å². The lowest BCUT2D eigenvalue weighted by Gasteiger charge is -2.29. The summed E-state index contributed by atoms with van der Waals surface area (Å²) < 4.78 is 0. The molecule has 2 aromatic carbocycles. The number of carbonyl (C=O) groups is 1. The van der Waals surface area contributed by atoms with Crippen molar-refractivity contribution in [2.75, 3.05) is 6.54 Å². The summed E-state index contributed by atoms with van der Waals surface area (Å²) in [5.41, 5.74) is 3.89. The fourth-order valence-electron chi connectivity index (χ4n) is 2.76. The molecular weight excluding hydrogens is 284 g/mol. The molecule has 1 amide bonds. The maximum absolute atomic E-state index is 12.7. The van der Waals surface area contributed by atoms with Gasteiger partial charge in [0, 0.05) is 6.54 Å². The van der Waals surface area contributed by atoms with E-state index < -0.39 is 0 Å². The summed E-state index contributed by atoms with van der Waals surface area (Å²) >= 11 is 0. The van der Waals surface area contributed by atoms with Gasteiger partial charge in [0.1, 0.15) is 0 Å². The molecule has 118 valence electrons. The van der Waals surface area contributed by atoms with Crippen molar-refractivity contribution < 1.29 is 4.79 Å². The third-order valence-electron chi connectivity index (χ3n) is 4.25. The van der Waals surface area contributed by atoms with E-state index in [1.54, 1.807) is 12.1 Å². The van der Waals surface area contributed by atoms with Gasteiger partial charge in [-0.15, -0.1) is 0 Å². The van der Waals surface area contributed by atoms with Crippen LogP contribution in [0.25, 0.3) is 0 Å². The summed E-state index contributed by atoms with van der Waals surface area (Å²) in [6, 6.07) is 17.5. The van der Waals surface area contributed by atoms with Crippen LogP contribution < -0.4 is 0 Å². The molecule has 0 radical (unpaired) electrons. The van der Waals surface area contributed by atoms with Crippen LogP contribution in [0.5, 0.6) is 0 Å². The second-order valence-corrected chi connectivity index (χ2v) is 5.69. The molecule has 1 unspecified atom stereocenters. The molecule has 0 aromatic heterocycles. The minimum absolute atomic E-state index is 0.00994. The maximum atomic E-state index is 12.7. The molecule has 0 spiro atoms. The molecule has 23 heavy (non-hydrogen) atoms. The Kier molecular flexibility index (Phi) is 5.54. The summed E-state index contributed by atoms with van der Waals surface area (Å²) in [4.78, 5) is 14.6. The molecule has 0 N–H and O–H groups in total. The lowest BCUT2D eigenvalue weighted by molar-refractivity contribution is -0.132. The Balaban J connectivity index is 2.15. The van der Waals surface area contributed by atoms with Crippen molar-refractivity contribution in [3.8, 4) is 6.07 Å². The fraction of sp³-hybridized carbons (Fsp3) is 0.300. The molecule has 0 saturated heterocycles. The van der Waals surface area contributed by atoms with Crippen LogP contribution in [-0.4, -0.2) is 17.4 Å². The molecule has 0 bridgehead atoms. The number of nitrogens with zero attached hydrogens (tertiary/aromatic N) is 2. The predicted molar refractivity (Wildman–Crippen MR) is 91.8 cm³/mol. The van der Waals surface area contributed by atoms with E-state index >= 15 is 0 Å². The minimum Gasteiger partial charge on any atom is -0.336 e. The van der Waals surface area contributed by atoms with Crippen LogP contribution in [0.2, 0.25) is 0 Å². The van der Waals surface area contributed by atoms with Crippen molar-refractivity contribution in [3.05, 3.63) is 70.8 Å². The Morgan fingerprint density at radius 3 is 2.39 bits per heavy atom. The van der Waals surface area contributed by atoms with Gasteiger partial charge in [-0.2, -0.15) is 5.26 Å². The van der Waals surface area contributed by atoms with E-state index in [1.807, 2.05) is 62.1 Å². The van der Waals surface area contributed by atoms with Gasteiger partial charge in [-0.05, 0) is 49.6 Å². The van der Waals surface area contributed by atoms with Gasteiger partial charge in [0.05, 0.1) is 24.1 Å². The maximum Gasteiger partial charge on any atom is 0.227 e. The van der Waals surface area contributed by atoms with Crippen LogP contribution in [0, 0.1) is 18.3 Å². The molecule has 0 fully saturated rings. The molecule has 3 heteroatoms. The van der Waals surface area contributed by atoms with Gasteiger partial charge < -0.3 is 4.90 Å². The Morgan fingerprint density at radius 1 is 1.17 bits per heavy atom. The summed E-state index contributed by atoms with van der Waals surface area (Å²) in [6.07, 6.45) is 0.418. The summed E-state index contributed by atoms with van der Waals surface area (Å²) in [6.45, 7) is 6.71. The molecule has 0 heterocycles. The number of amides is 1. The highest BCUT2D eigenvalue weighted by Gasteiger charge is 2.20. The molecule has 1 atom stereocenters. The van der Waals surface area contributed by atoms with Gasteiger partial charge in [-0.3, -0.25) is 4.79 Å². The second-order valence-electron chi connectivity index (χ2n) is 5.69. The van der Waals surface area contributed by atoms with Crippen LogP contribution in [-0.2, 0) is 11.2 Å². The molecular formula is C20H22N2O. The van der Waals surface area contributed by atoms with Crippen molar-refractivity contribution in [3.63, 3.8) is 0 Å². The zero-order valence-corrected chi connectivity index (χ0v) is 13.9. The monoisotopic (exact) mass is 306 g/mol. The number of benzene rings is 2. The molecule has 0 aliphatic heterocycles. The largest absolute Gasteiger partial charge is 0.336 e. The SMILES string of the molecule is CCN(C(=O)Cc1ccccc1C)C(C)c1ccc(C#N)cc1. The predicted octanol–water partition coefficient (Wildman–Crippen LogP) is 4.02. The highest BCUT2D eigenvalue weighted by atomic mass is 16.2. The van der Waals surface area contributed by atoms with E-state index in [0.29, 0.717) is 18.5 Å². The summed E-state index contributed by atoms with van der Waals surface area (Å²) in [5, 5.41) is 8.89. The van der Waals surface area contributed by atoms with E-state index in [0.717, 1.165) is 16.7 Å². The molecule has 0 aliphatic carbocycles. The van der Waals surface area contributed by atoms with Crippen molar-refractivity contribution >= 4 is 5.91 Å². The van der Waals surface area contributed by atoms with Crippen LogP contribution in [0.4, 0.5) is 0 Å². The number of carbonyl (C=O) groups excluding carboxylic acids is 1. The van der Waals surface area contributed by atoms with Crippen LogP contribution in [0.15, 0.2) is 48.5 Å². The molecule has 0 aliphatic rings. The number of nitriles is 1. The van der Waals surface area contributed by atoms with Gasteiger partial charge >= 0.3 is 0 Å². The van der Waals surface area contributed by atoms with E-state index in [2.05, 4.69) is 6.07 Å². The first-order chi connectivity index (χ1) is 11.1. The first-order valence-corrected chi connectivity index (χ1v) is 7.90. The van der Waals surface area contributed by atoms with Gasteiger partial charge in [-0.25, -0.2) is 0 Å². The van der Waals surface area contributed by atoms with Crippen LogP contribution in [0.1, 0.15) is 42.1 Å². The zero-order valence-electron chi connectivity index (χ0n) is 13.9. The minimum atomic E-state index is -0.00994. The molecule has 2 rings (SSSR count). The van der Waals surface area contributed by atoms with Crippen LogP contribution in [0.3, 0.4) is 0 Å². The summed E-state index contributed by atoms with van der Waals surface area (Å²) in [5.74, 6) is 0.124. The van der Waals surface area contributed by atoms with Crippen LogP contribution >= 0.6 is 0 Å². The topological polar surface area (TPSA) is 44.1 Å². The van der Waals surface area contributed by atoms with Crippen molar-refractivity contribution in [2.45, 2.75) is 33.2 Å². The number of rotatable bonds is 5. The summed E-state index contributed by atoms with van der Waals surface area (Å²) in [7, 11) is 0. The van der Waals surface area contributed by atoms with E-state index in [-0.39, 0.29) is 11.9 Å². The Labute approximate surface area is 138 Å². The highest BCUT2D eigenvalue weighted by molar-refractivity contribution is 5.79. The second kappa shape index (κ2) is 7.60. The number of likely N-dealkylation sites (N-methyl/N-ethyl adjacent to an activating group) is 1. The normalized spacial score (nSPS) is 11.6. The molecule has 0 saturated carbocycles. The third-order valence-corrected chi connectivity index (χ3v) is 4.25. The number of hydrogen-bond acceptors (Lipinski definition) is 2. The Hall–Kier alpha value is -2.60. The molecule has 2 aromatic rings. The first-order valence-electron chi connectivity index (χ1n) is 7.90. The number of hydrogen-bond donors (Lipinski definition) is 0. The van der Waals surface area contributed by atoms with E-state index in [4.69, 9.17) is 5.26 Å². The van der Waals surface area contributed by atoms with Crippen molar-refractivity contribution in [1.29, 1.82) is 5.26 Å². The van der Waals surface area contributed by atoms with Crippen molar-refractivity contribution in [1.82, 2.24) is 4.90 Å². The lowest BCUT2D eigenvalue weighted by atomic mass is 10.0. The first kappa shape index (κ1) is 16.8. The van der Waals surface area contributed by atoms with E-state index in [9.17, 15) is 4.79 Å². The third kappa shape index (κ3) is 3.98.